The third-order valence-corrected chi connectivity index (χ3v) is 5.60. The average molecular weight is 398 g/mol. The molecule has 154 valence electrons. The van der Waals surface area contributed by atoms with Gasteiger partial charge in [-0.2, -0.15) is 0 Å². The smallest absolute Gasteiger partial charge is 0.318 e. The molecule has 1 fully saturated rings. The molecule has 2 heterocycles. The van der Waals surface area contributed by atoms with E-state index in [0.717, 1.165) is 30.5 Å². The molecule has 29 heavy (non-hydrogen) atoms. The van der Waals surface area contributed by atoms with E-state index in [1.807, 2.05) is 31.3 Å². The van der Waals surface area contributed by atoms with Gasteiger partial charge in [-0.1, -0.05) is 19.1 Å². The monoisotopic (exact) mass is 398 g/mol. The van der Waals surface area contributed by atoms with Gasteiger partial charge in [-0.05, 0) is 49.1 Å². The maximum Gasteiger partial charge on any atom is 0.318 e. The zero-order chi connectivity index (χ0) is 20.4. The van der Waals surface area contributed by atoms with E-state index in [1.165, 1.54) is 12.1 Å². The lowest BCUT2D eigenvalue weighted by molar-refractivity contribution is -0.134. The minimum absolute atomic E-state index is 0.0484. The van der Waals surface area contributed by atoms with Crippen LogP contribution in [0, 0.1) is 5.82 Å². The first kappa shape index (κ1) is 19.5. The molecule has 1 aliphatic heterocycles. The lowest BCUT2D eigenvalue weighted by atomic mass is 9.99. The van der Waals surface area contributed by atoms with Crippen LogP contribution in [0.1, 0.15) is 43.5 Å². The number of hydrogen-bond acceptors (Lipinski definition) is 2. The summed E-state index contributed by atoms with van der Waals surface area (Å²) < 4.78 is 16.0. The first-order chi connectivity index (χ1) is 14.1. The maximum absolute atomic E-state index is 13.9. The molecule has 2 aromatic rings. The Bertz CT molecular complexity index is 892. The predicted octanol–water partition coefficient (Wildman–Crippen LogP) is 3.14. The molecule has 4 rings (SSSR count). The molecule has 0 radical (unpaired) electrons. The van der Waals surface area contributed by atoms with Crippen molar-refractivity contribution >= 4 is 11.9 Å². The Morgan fingerprint density at radius 2 is 2.03 bits per heavy atom. The van der Waals surface area contributed by atoms with E-state index < -0.39 is 0 Å². The second kappa shape index (κ2) is 8.27. The molecule has 0 bridgehead atoms. The maximum atomic E-state index is 13.9. The normalized spacial score (nSPS) is 18.3. The largest absolute Gasteiger partial charge is 0.348 e. The van der Waals surface area contributed by atoms with Crippen LogP contribution in [0.2, 0.25) is 0 Å². The van der Waals surface area contributed by atoms with Crippen molar-refractivity contribution in [2.24, 2.45) is 0 Å². The van der Waals surface area contributed by atoms with E-state index in [4.69, 9.17) is 0 Å². The average Bonchev–Trinajstić information content (AvgIpc) is 3.45. The minimum Gasteiger partial charge on any atom is -0.348 e. The molecule has 1 unspecified atom stereocenters. The van der Waals surface area contributed by atoms with Crippen LogP contribution in [0.25, 0.3) is 0 Å². The summed E-state index contributed by atoms with van der Waals surface area (Å²) in [5, 5.41) is 2.89. The summed E-state index contributed by atoms with van der Waals surface area (Å²) in [7, 11) is 0. The van der Waals surface area contributed by atoms with Gasteiger partial charge in [0.05, 0.1) is 6.04 Å². The van der Waals surface area contributed by atoms with Crippen LogP contribution >= 0.6 is 0 Å². The molecule has 1 aliphatic carbocycles. The van der Waals surface area contributed by atoms with Gasteiger partial charge in [-0.15, -0.1) is 0 Å². The highest BCUT2D eigenvalue weighted by molar-refractivity contribution is 5.85. The summed E-state index contributed by atoms with van der Waals surface area (Å²) in [4.78, 5) is 29.3. The summed E-state index contributed by atoms with van der Waals surface area (Å²) in [5.41, 5.74) is 1.70. The van der Waals surface area contributed by atoms with Crippen LogP contribution in [0.3, 0.4) is 0 Å². The summed E-state index contributed by atoms with van der Waals surface area (Å²) in [6.07, 6.45) is 4.70. The molecule has 1 aromatic heterocycles. The SMILES string of the molecule is CCCNC(=O)N(CC(=O)N1CCn2cccc2C1c1cccc(F)c1)C1CC1. The number of halogens is 1. The molecule has 7 heteroatoms. The van der Waals surface area contributed by atoms with E-state index in [1.54, 1.807) is 15.9 Å². The minimum atomic E-state index is -0.360. The number of aromatic nitrogens is 1. The third kappa shape index (κ3) is 4.13. The lowest BCUT2D eigenvalue weighted by Gasteiger charge is -2.38. The van der Waals surface area contributed by atoms with Crippen molar-refractivity contribution in [3.8, 4) is 0 Å². The number of benzene rings is 1. The topological polar surface area (TPSA) is 57.6 Å². The summed E-state index contributed by atoms with van der Waals surface area (Å²) in [6.45, 7) is 3.85. The highest BCUT2D eigenvalue weighted by Gasteiger charge is 2.37. The predicted molar refractivity (Wildman–Crippen MR) is 108 cm³/mol. The van der Waals surface area contributed by atoms with E-state index in [0.29, 0.717) is 19.6 Å². The quantitative estimate of drug-likeness (QED) is 0.813. The second-order valence-electron chi connectivity index (χ2n) is 7.76. The Morgan fingerprint density at radius 1 is 1.21 bits per heavy atom. The highest BCUT2D eigenvalue weighted by atomic mass is 19.1. The Hall–Kier alpha value is -2.83. The van der Waals surface area contributed by atoms with Crippen LogP contribution in [0.4, 0.5) is 9.18 Å². The van der Waals surface area contributed by atoms with Crippen LogP contribution < -0.4 is 5.32 Å². The molecule has 1 atom stereocenters. The first-order valence-corrected chi connectivity index (χ1v) is 10.3. The molecule has 3 amide bonds. The fraction of sp³-hybridized carbons (Fsp3) is 0.455. The Labute approximate surface area is 170 Å². The van der Waals surface area contributed by atoms with Crippen LogP contribution in [0.5, 0.6) is 0 Å². The number of carbonyl (C=O) groups is 2. The lowest BCUT2D eigenvalue weighted by Crippen LogP contribution is -2.50. The highest BCUT2D eigenvalue weighted by Crippen LogP contribution is 2.33. The molecule has 0 saturated heterocycles. The van der Waals surface area contributed by atoms with Gasteiger partial charge >= 0.3 is 6.03 Å². The summed E-state index contributed by atoms with van der Waals surface area (Å²) in [6, 6.07) is 9.94. The number of hydrogen-bond donors (Lipinski definition) is 1. The Morgan fingerprint density at radius 3 is 2.76 bits per heavy atom. The number of nitrogens with zero attached hydrogens (tertiary/aromatic N) is 3. The van der Waals surface area contributed by atoms with Crippen molar-refractivity contribution in [3.05, 3.63) is 59.7 Å². The molecular weight excluding hydrogens is 371 g/mol. The zero-order valence-corrected chi connectivity index (χ0v) is 16.7. The van der Waals surface area contributed by atoms with Gasteiger partial charge in [0.25, 0.3) is 0 Å². The van der Waals surface area contributed by atoms with E-state index in [9.17, 15) is 14.0 Å². The number of rotatable bonds is 6. The standard InChI is InChI=1S/C22H27FN4O2/c1-2-10-24-22(29)27(18-8-9-18)15-20(28)26-13-12-25-11-4-7-19(25)21(26)16-5-3-6-17(23)14-16/h3-7,11,14,18,21H,2,8-10,12-13,15H2,1H3,(H,24,29). The molecule has 6 nitrogen and oxygen atoms in total. The summed E-state index contributed by atoms with van der Waals surface area (Å²) >= 11 is 0. The van der Waals surface area contributed by atoms with Crippen molar-refractivity contribution in [2.75, 3.05) is 19.6 Å². The third-order valence-electron chi connectivity index (χ3n) is 5.60. The van der Waals surface area contributed by atoms with Crippen molar-refractivity contribution in [2.45, 2.75) is 44.8 Å². The summed E-state index contributed by atoms with van der Waals surface area (Å²) in [5.74, 6) is -0.428. The van der Waals surface area contributed by atoms with Gasteiger partial charge in [-0.3, -0.25) is 4.79 Å². The van der Waals surface area contributed by atoms with Gasteiger partial charge in [0, 0.05) is 37.6 Å². The van der Waals surface area contributed by atoms with Gasteiger partial charge < -0.3 is 19.7 Å². The van der Waals surface area contributed by atoms with Crippen molar-refractivity contribution in [3.63, 3.8) is 0 Å². The molecule has 1 saturated carbocycles. The molecule has 1 N–H and O–H groups in total. The van der Waals surface area contributed by atoms with Crippen molar-refractivity contribution in [1.29, 1.82) is 0 Å². The van der Waals surface area contributed by atoms with Gasteiger partial charge in [0.1, 0.15) is 12.4 Å². The zero-order valence-electron chi connectivity index (χ0n) is 16.7. The van der Waals surface area contributed by atoms with Crippen molar-refractivity contribution in [1.82, 2.24) is 19.7 Å². The van der Waals surface area contributed by atoms with E-state index in [2.05, 4.69) is 9.88 Å². The molecule has 2 aliphatic rings. The van der Waals surface area contributed by atoms with Gasteiger partial charge in [0.15, 0.2) is 0 Å². The molecule has 1 aromatic carbocycles. The van der Waals surface area contributed by atoms with Crippen LogP contribution in [-0.4, -0.2) is 52.0 Å². The number of amides is 3. The number of carbonyl (C=O) groups excluding carboxylic acids is 2. The fourth-order valence-corrected chi connectivity index (χ4v) is 4.00. The van der Waals surface area contributed by atoms with Gasteiger partial charge in [-0.25, -0.2) is 9.18 Å². The number of nitrogens with one attached hydrogen (secondary N) is 1. The van der Waals surface area contributed by atoms with Crippen molar-refractivity contribution < 1.29 is 14.0 Å². The first-order valence-electron chi connectivity index (χ1n) is 10.3. The van der Waals surface area contributed by atoms with Crippen LogP contribution in [0.15, 0.2) is 42.6 Å². The Kier molecular flexibility index (Phi) is 5.56. The second-order valence-corrected chi connectivity index (χ2v) is 7.76. The van der Waals surface area contributed by atoms with E-state index in [-0.39, 0.29) is 36.4 Å². The number of urea groups is 1. The van der Waals surface area contributed by atoms with Gasteiger partial charge in [0.2, 0.25) is 5.91 Å². The molecule has 0 spiro atoms. The van der Waals surface area contributed by atoms with Crippen LogP contribution in [-0.2, 0) is 11.3 Å². The number of fused-ring (bicyclic) bond motifs is 1. The molecular formula is C22H27FN4O2. The van der Waals surface area contributed by atoms with E-state index >= 15 is 0 Å². The fourth-order valence-electron chi connectivity index (χ4n) is 4.00. The Balaban J connectivity index is 1.58.